The molecule has 0 aliphatic carbocycles. The third-order valence-electron chi connectivity index (χ3n) is 5.61. The van der Waals surface area contributed by atoms with Gasteiger partial charge in [0.2, 0.25) is 0 Å². The summed E-state index contributed by atoms with van der Waals surface area (Å²) >= 11 is 0. The smallest absolute Gasteiger partial charge is 0.281 e. The van der Waals surface area contributed by atoms with Crippen molar-refractivity contribution in [2.24, 2.45) is 0 Å². The van der Waals surface area contributed by atoms with Crippen LogP contribution in [0, 0.1) is 0 Å². The molecule has 31 heavy (non-hydrogen) atoms. The molecule has 0 unspecified atom stereocenters. The molecule has 0 spiro atoms. The zero-order valence-electron chi connectivity index (χ0n) is 16.3. The first kappa shape index (κ1) is 19.1. The molecular formula is C22H17N3O6. The molecule has 1 N–H and O–H groups in total. The summed E-state index contributed by atoms with van der Waals surface area (Å²) in [4.78, 5) is 63.7. The van der Waals surface area contributed by atoms with Crippen LogP contribution >= 0.6 is 0 Å². The highest BCUT2D eigenvalue weighted by atomic mass is 16.5. The number of nitrogens with zero attached hydrogens (tertiary/aromatic N) is 2. The van der Waals surface area contributed by atoms with Crippen LogP contribution in [0.15, 0.2) is 42.5 Å². The Labute approximate surface area is 176 Å². The van der Waals surface area contributed by atoms with Crippen molar-refractivity contribution in [2.45, 2.75) is 18.9 Å². The first-order valence-electron chi connectivity index (χ1n) is 9.87. The Bertz CT molecular complexity index is 1130. The lowest BCUT2D eigenvalue weighted by Gasteiger charge is -2.23. The van der Waals surface area contributed by atoms with Crippen molar-refractivity contribution in [2.75, 3.05) is 13.2 Å². The first-order valence-corrected chi connectivity index (χ1v) is 9.87. The van der Waals surface area contributed by atoms with Gasteiger partial charge in [-0.2, -0.15) is 10.0 Å². The van der Waals surface area contributed by atoms with E-state index >= 15 is 0 Å². The molecule has 0 bridgehead atoms. The largest absolute Gasteiger partial charge is 0.376 e. The number of carbonyl (C=O) groups is 5. The van der Waals surface area contributed by atoms with Crippen molar-refractivity contribution < 1.29 is 28.7 Å². The average Bonchev–Trinajstić information content (AvgIpc) is 3.46. The van der Waals surface area contributed by atoms with Crippen LogP contribution in [0.2, 0.25) is 0 Å². The lowest BCUT2D eigenvalue weighted by molar-refractivity contribution is 0.00845. The van der Waals surface area contributed by atoms with E-state index in [1.54, 1.807) is 12.1 Å². The van der Waals surface area contributed by atoms with Gasteiger partial charge in [-0.25, -0.2) is 0 Å². The highest BCUT2D eigenvalue weighted by molar-refractivity contribution is 6.28. The molecule has 156 valence electrons. The fraction of sp³-hybridized carbons (Fsp3) is 0.227. The second-order valence-electron chi connectivity index (χ2n) is 7.50. The van der Waals surface area contributed by atoms with Crippen LogP contribution in [0.3, 0.4) is 0 Å². The number of rotatable bonds is 4. The molecular weight excluding hydrogens is 402 g/mol. The summed E-state index contributed by atoms with van der Waals surface area (Å²) in [6, 6.07) is 10.2. The van der Waals surface area contributed by atoms with E-state index in [-0.39, 0.29) is 33.9 Å². The molecule has 3 aliphatic rings. The van der Waals surface area contributed by atoms with Gasteiger partial charge in [0, 0.05) is 18.7 Å². The number of hydrogen-bond acceptors (Lipinski definition) is 6. The molecule has 1 atom stereocenters. The molecule has 2 aromatic carbocycles. The van der Waals surface area contributed by atoms with Crippen molar-refractivity contribution in [1.29, 1.82) is 0 Å². The zero-order chi connectivity index (χ0) is 21.7. The molecule has 3 heterocycles. The van der Waals surface area contributed by atoms with Gasteiger partial charge < -0.3 is 10.1 Å². The van der Waals surface area contributed by atoms with Gasteiger partial charge in [-0.3, -0.25) is 24.0 Å². The maximum Gasteiger partial charge on any atom is 0.281 e. The summed E-state index contributed by atoms with van der Waals surface area (Å²) in [5, 5.41) is 3.87. The van der Waals surface area contributed by atoms with Crippen molar-refractivity contribution in [3.8, 4) is 0 Å². The summed E-state index contributed by atoms with van der Waals surface area (Å²) < 4.78 is 5.47. The van der Waals surface area contributed by atoms with Crippen molar-refractivity contribution in [3.63, 3.8) is 0 Å². The van der Waals surface area contributed by atoms with E-state index in [9.17, 15) is 24.0 Å². The lowest BCUT2D eigenvalue weighted by atomic mass is 10.1. The minimum Gasteiger partial charge on any atom is -0.376 e. The molecule has 0 saturated carbocycles. The minimum atomic E-state index is -0.830. The number of hydrogen-bond donors (Lipinski definition) is 1. The third kappa shape index (κ3) is 2.93. The fourth-order valence-corrected chi connectivity index (χ4v) is 4.02. The predicted molar refractivity (Wildman–Crippen MR) is 105 cm³/mol. The van der Waals surface area contributed by atoms with E-state index in [4.69, 9.17) is 4.74 Å². The van der Waals surface area contributed by atoms with Crippen LogP contribution in [-0.2, 0) is 4.74 Å². The number of ether oxygens (including phenoxy) is 1. The van der Waals surface area contributed by atoms with Crippen molar-refractivity contribution in [3.05, 3.63) is 70.3 Å². The Morgan fingerprint density at radius 3 is 2.03 bits per heavy atom. The summed E-state index contributed by atoms with van der Waals surface area (Å²) in [5.41, 5.74) is 0.433. The highest BCUT2D eigenvalue weighted by Gasteiger charge is 2.48. The normalized spacial score (nSPS) is 19.8. The van der Waals surface area contributed by atoms with Gasteiger partial charge in [-0.05, 0) is 43.2 Å². The van der Waals surface area contributed by atoms with E-state index in [0.717, 1.165) is 12.8 Å². The maximum atomic E-state index is 13.0. The predicted octanol–water partition coefficient (Wildman–Crippen LogP) is 1.40. The molecule has 1 fully saturated rings. The van der Waals surface area contributed by atoms with E-state index in [2.05, 4.69) is 5.32 Å². The highest BCUT2D eigenvalue weighted by Crippen LogP contribution is 2.31. The second-order valence-corrected chi connectivity index (χ2v) is 7.50. The van der Waals surface area contributed by atoms with Crippen LogP contribution in [0.25, 0.3) is 0 Å². The summed E-state index contributed by atoms with van der Waals surface area (Å²) in [5.74, 6) is -3.52. The van der Waals surface area contributed by atoms with E-state index in [1.165, 1.54) is 30.3 Å². The van der Waals surface area contributed by atoms with Gasteiger partial charge in [0.1, 0.15) is 0 Å². The van der Waals surface area contributed by atoms with Gasteiger partial charge in [0.25, 0.3) is 29.5 Å². The number of nitrogens with one attached hydrogen (secondary N) is 1. The van der Waals surface area contributed by atoms with Crippen LogP contribution in [0.5, 0.6) is 0 Å². The molecule has 9 nitrogen and oxygen atoms in total. The molecule has 1 saturated heterocycles. The first-order chi connectivity index (χ1) is 15.0. The molecule has 5 rings (SSSR count). The van der Waals surface area contributed by atoms with E-state index in [0.29, 0.717) is 23.2 Å². The third-order valence-corrected chi connectivity index (χ3v) is 5.61. The Morgan fingerprint density at radius 1 is 0.871 bits per heavy atom. The SMILES string of the molecule is O=C(NC[C@@H]1CCCO1)c1ccc2c(c1)C(=O)N(N1C(=O)c3ccccc3C1=O)C2=O. The Hall–Kier alpha value is -3.85. The second kappa shape index (κ2) is 7.13. The van der Waals surface area contributed by atoms with Crippen LogP contribution in [0.1, 0.15) is 64.6 Å². The van der Waals surface area contributed by atoms with Crippen molar-refractivity contribution in [1.82, 2.24) is 15.3 Å². The van der Waals surface area contributed by atoms with E-state index < -0.39 is 29.5 Å². The standard InChI is InChI=1S/C22H17N3O6/c26-18(23-11-13-4-3-9-31-13)12-7-8-16-17(10-12)22(30)25(21(16)29)24-19(27)14-5-1-2-6-15(14)20(24)28/h1-2,5-8,10,13H,3-4,9,11H2,(H,23,26)/t13-/m0/s1. The minimum absolute atomic E-state index is 0.0252. The summed E-state index contributed by atoms with van der Waals surface area (Å²) in [7, 11) is 0. The van der Waals surface area contributed by atoms with Crippen LogP contribution < -0.4 is 5.32 Å². The molecule has 5 amide bonds. The van der Waals surface area contributed by atoms with Gasteiger partial charge >= 0.3 is 0 Å². The monoisotopic (exact) mass is 419 g/mol. The van der Waals surface area contributed by atoms with Crippen LogP contribution in [-0.4, -0.2) is 58.8 Å². The van der Waals surface area contributed by atoms with Crippen molar-refractivity contribution >= 4 is 29.5 Å². The van der Waals surface area contributed by atoms with E-state index in [1.807, 2.05) is 0 Å². The summed E-state index contributed by atoms with van der Waals surface area (Å²) in [6.07, 6.45) is 1.78. The lowest BCUT2D eigenvalue weighted by Crippen LogP contribution is -2.49. The topological polar surface area (TPSA) is 113 Å². The molecule has 0 radical (unpaired) electrons. The molecule has 0 aromatic heterocycles. The van der Waals surface area contributed by atoms with Crippen LogP contribution in [0.4, 0.5) is 0 Å². The average molecular weight is 419 g/mol. The number of benzene rings is 2. The number of amides is 5. The van der Waals surface area contributed by atoms with Gasteiger partial charge in [0.15, 0.2) is 0 Å². The Morgan fingerprint density at radius 2 is 1.45 bits per heavy atom. The number of carbonyl (C=O) groups excluding carboxylic acids is 5. The van der Waals surface area contributed by atoms with Gasteiger partial charge in [-0.15, -0.1) is 0 Å². The Balaban J connectivity index is 1.40. The van der Waals surface area contributed by atoms with Gasteiger partial charge in [0.05, 0.1) is 28.4 Å². The number of imide groups is 2. The Kier molecular flexibility index (Phi) is 4.40. The maximum absolute atomic E-state index is 13.0. The fourth-order valence-electron chi connectivity index (χ4n) is 4.02. The number of hydrazine groups is 1. The number of fused-ring (bicyclic) bond motifs is 2. The van der Waals surface area contributed by atoms with Gasteiger partial charge in [-0.1, -0.05) is 12.1 Å². The molecule has 9 heteroatoms. The quantitative estimate of drug-likeness (QED) is 0.750. The zero-order valence-corrected chi connectivity index (χ0v) is 16.3. The summed E-state index contributed by atoms with van der Waals surface area (Å²) in [6.45, 7) is 1.02. The molecule has 3 aliphatic heterocycles. The molecule has 2 aromatic rings.